The molecule has 2 saturated heterocycles. The molecule has 3 fully saturated rings. The third-order valence-electron chi connectivity index (χ3n) is 6.97. The third kappa shape index (κ3) is 4.06. The Hall–Kier alpha value is -3.04. The Bertz CT molecular complexity index is 1190. The van der Waals surface area contributed by atoms with E-state index in [9.17, 15) is 4.79 Å². The zero-order valence-electron chi connectivity index (χ0n) is 18.9. The van der Waals surface area contributed by atoms with Crippen LogP contribution in [0.25, 0.3) is 16.8 Å². The number of pyridine rings is 1. The van der Waals surface area contributed by atoms with Crippen LogP contribution in [0, 0.1) is 12.8 Å². The lowest BCUT2D eigenvalue weighted by Crippen LogP contribution is -2.57. The lowest BCUT2D eigenvalue weighted by Gasteiger charge is -2.46. The van der Waals surface area contributed by atoms with Crippen LogP contribution in [-0.2, 0) is 9.53 Å². The molecule has 3 aromatic rings. The topological polar surface area (TPSA) is 93.9 Å². The van der Waals surface area contributed by atoms with Crippen molar-refractivity contribution in [2.45, 2.75) is 50.8 Å². The third-order valence-corrected chi connectivity index (χ3v) is 6.97. The molecule has 1 amide bonds. The van der Waals surface area contributed by atoms with Gasteiger partial charge in [-0.25, -0.2) is 9.50 Å². The average Bonchev–Trinajstić information content (AvgIpc) is 3.56. The molecule has 2 bridgehead atoms. The van der Waals surface area contributed by atoms with E-state index in [2.05, 4.69) is 32.3 Å². The standard InChI is InChI=1S/C24H28N6O3/c1-14-5-20(22(10-25-14)33-19-6-17-11-32-12-18(7-19)29(17)2)21-8-16-9-23(28-30(16)13-26-21)27-24(31)15-3-4-15/h5,8-10,13,15,17-19H,3-4,6-7,11-12H2,1-2H3,(H,27,28,31)/t17-,18+,19?. The second-order valence-corrected chi connectivity index (χ2v) is 9.48. The number of anilines is 1. The molecular weight excluding hydrogens is 420 g/mol. The van der Waals surface area contributed by atoms with Gasteiger partial charge < -0.3 is 14.8 Å². The highest BCUT2D eigenvalue weighted by atomic mass is 16.5. The van der Waals surface area contributed by atoms with Gasteiger partial charge in [-0.3, -0.25) is 14.7 Å². The normalized spacial score (nSPS) is 25.2. The van der Waals surface area contributed by atoms with Gasteiger partial charge in [-0.1, -0.05) is 0 Å². The highest BCUT2D eigenvalue weighted by Gasteiger charge is 2.38. The van der Waals surface area contributed by atoms with Crippen molar-refractivity contribution >= 4 is 17.2 Å². The molecule has 5 heterocycles. The minimum absolute atomic E-state index is 0.0420. The lowest BCUT2D eigenvalue weighted by atomic mass is 9.92. The van der Waals surface area contributed by atoms with Crippen molar-refractivity contribution in [2.75, 3.05) is 25.6 Å². The molecule has 3 atom stereocenters. The molecule has 6 rings (SSSR count). The molecule has 0 spiro atoms. The fraction of sp³-hybridized carbons (Fsp3) is 0.500. The number of nitrogens with zero attached hydrogens (tertiary/aromatic N) is 5. The van der Waals surface area contributed by atoms with Gasteiger partial charge in [0.1, 0.15) is 18.2 Å². The maximum absolute atomic E-state index is 12.1. The number of likely N-dealkylation sites (N-methyl/N-ethyl adjacent to an activating group) is 1. The number of morpholine rings is 1. The minimum atomic E-state index is 0.0420. The van der Waals surface area contributed by atoms with Crippen molar-refractivity contribution in [2.24, 2.45) is 5.92 Å². The van der Waals surface area contributed by atoms with Crippen LogP contribution in [-0.4, -0.2) is 68.8 Å². The first-order valence-corrected chi connectivity index (χ1v) is 11.6. The molecule has 1 saturated carbocycles. The van der Waals surface area contributed by atoms with Crippen LogP contribution >= 0.6 is 0 Å². The first kappa shape index (κ1) is 20.6. The minimum Gasteiger partial charge on any atom is -0.488 e. The Balaban J connectivity index is 1.27. The summed E-state index contributed by atoms with van der Waals surface area (Å²) in [6, 6.07) is 6.63. The van der Waals surface area contributed by atoms with E-state index in [1.54, 1.807) is 17.0 Å². The highest BCUT2D eigenvalue weighted by molar-refractivity contribution is 5.93. The van der Waals surface area contributed by atoms with Gasteiger partial charge >= 0.3 is 0 Å². The predicted molar refractivity (Wildman–Crippen MR) is 122 cm³/mol. The van der Waals surface area contributed by atoms with Gasteiger partial charge in [-0.2, -0.15) is 0 Å². The number of fused-ring (bicyclic) bond motifs is 3. The highest BCUT2D eigenvalue weighted by Crippen LogP contribution is 2.34. The van der Waals surface area contributed by atoms with Crippen molar-refractivity contribution < 1.29 is 14.3 Å². The fourth-order valence-corrected chi connectivity index (χ4v) is 4.85. The van der Waals surface area contributed by atoms with Crippen molar-refractivity contribution in [1.82, 2.24) is 24.5 Å². The number of piperidine rings is 1. The second-order valence-electron chi connectivity index (χ2n) is 9.48. The number of hydrogen-bond donors (Lipinski definition) is 1. The van der Waals surface area contributed by atoms with Crippen LogP contribution in [0.5, 0.6) is 5.75 Å². The zero-order valence-corrected chi connectivity index (χ0v) is 18.9. The number of ether oxygens (including phenoxy) is 2. The largest absolute Gasteiger partial charge is 0.488 e. The summed E-state index contributed by atoms with van der Waals surface area (Å²) in [7, 11) is 2.18. The maximum atomic E-state index is 12.1. The number of rotatable bonds is 5. The number of aromatic nitrogens is 4. The van der Waals surface area contributed by atoms with Crippen LogP contribution in [0.4, 0.5) is 5.82 Å². The Morgan fingerprint density at radius 2 is 1.94 bits per heavy atom. The van der Waals surface area contributed by atoms with Crippen LogP contribution in [0.3, 0.4) is 0 Å². The summed E-state index contributed by atoms with van der Waals surface area (Å²) in [5.41, 5.74) is 3.46. The molecule has 33 heavy (non-hydrogen) atoms. The van der Waals surface area contributed by atoms with E-state index < -0.39 is 0 Å². The van der Waals surface area contributed by atoms with E-state index in [4.69, 9.17) is 9.47 Å². The molecule has 3 aliphatic rings. The Kier molecular flexibility index (Phi) is 5.03. The molecule has 0 radical (unpaired) electrons. The predicted octanol–water partition coefficient (Wildman–Crippen LogP) is 2.69. The quantitative estimate of drug-likeness (QED) is 0.641. The molecule has 3 aromatic heterocycles. The van der Waals surface area contributed by atoms with Gasteiger partial charge in [-0.05, 0) is 38.9 Å². The van der Waals surface area contributed by atoms with Gasteiger partial charge in [0.25, 0.3) is 0 Å². The average molecular weight is 449 g/mol. The monoisotopic (exact) mass is 448 g/mol. The van der Waals surface area contributed by atoms with Crippen molar-refractivity contribution in [3.05, 3.63) is 36.4 Å². The van der Waals surface area contributed by atoms with Crippen LogP contribution in [0.15, 0.2) is 30.7 Å². The molecule has 9 heteroatoms. The van der Waals surface area contributed by atoms with Crippen molar-refractivity contribution in [1.29, 1.82) is 0 Å². The zero-order chi connectivity index (χ0) is 22.5. The van der Waals surface area contributed by atoms with Crippen molar-refractivity contribution in [3.8, 4) is 17.0 Å². The summed E-state index contributed by atoms with van der Waals surface area (Å²) in [5, 5.41) is 7.34. The van der Waals surface area contributed by atoms with Crippen LogP contribution < -0.4 is 10.1 Å². The van der Waals surface area contributed by atoms with Crippen LogP contribution in [0.1, 0.15) is 31.4 Å². The number of amides is 1. The van der Waals surface area contributed by atoms with Gasteiger partial charge in [0.15, 0.2) is 5.82 Å². The molecule has 1 aliphatic carbocycles. The van der Waals surface area contributed by atoms with E-state index >= 15 is 0 Å². The number of nitrogens with one attached hydrogen (secondary N) is 1. The first-order chi connectivity index (χ1) is 16.0. The van der Waals surface area contributed by atoms with Crippen LogP contribution in [0.2, 0.25) is 0 Å². The molecular formula is C24H28N6O3. The Labute approximate surface area is 192 Å². The van der Waals surface area contributed by atoms with E-state index in [0.717, 1.165) is 67.1 Å². The molecule has 9 nitrogen and oxygen atoms in total. The van der Waals surface area contributed by atoms with E-state index in [1.165, 1.54) is 0 Å². The van der Waals surface area contributed by atoms with Crippen molar-refractivity contribution in [3.63, 3.8) is 0 Å². The van der Waals surface area contributed by atoms with E-state index in [0.29, 0.717) is 17.9 Å². The molecule has 172 valence electrons. The van der Waals surface area contributed by atoms with Gasteiger partial charge in [0.05, 0.1) is 30.6 Å². The van der Waals surface area contributed by atoms with Gasteiger partial charge in [-0.15, -0.1) is 5.10 Å². The molecule has 1 N–H and O–H groups in total. The van der Waals surface area contributed by atoms with Gasteiger partial charge in [0, 0.05) is 48.2 Å². The number of hydrogen-bond acceptors (Lipinski definition) is 7. The van der Waals surface area contributed by atoms with E-state index in [1.807, 2.05) is 25.1 Å². The fourth-order valence-electron chi connectivity index (χ4n) is 4.85. The first-order valence-electron chi connectivity index (χ1n) is 11.6. The number of aryl methyl sites for hydroxylation is 1. The van der Waals surface area contributed by atoms with Gasteiger partial charge in [0.2, 0.25) is 5.91 Å². The summed E-state index contributed by atoms with van der Waals surface area (Å²) < 4.78 is 13.9. The summed E-state index contributed by atoms with van der Waals surface area (Å²) >= 11 is 0. The molecule has 0 aromatic carbocycles. The SMILES string of the molecule is Cc1cc(-c2cc3cc(NC(=O)C4CC4)nn3cn2)c(OC2C[C@H]3COC[C@@H](C2)N3C)cn1. The molecule has 2 aliphatic heterocycles. The Morgan fingerprint density at radius 3 is 2.70 bits per heavy atom. The maximum Gasteiger partial charge on any atom is 0.228 e. The Morgan fingerprint density at radius 1 is 1.15 bits per heavy atom. The molecule has 1 unspecified atom stereocenters. The second kappa shape index (κ2) is 8.07. The number of carbonyl (C=O) groups is 1. The smallest absolute Gasteiger partial charge is 0.228 e. The van der Waals surface area contributed by atoms with E-state index in [-0.39, 0.29) is 17.9 Å². The summed E-state index contributed by atoms with van der Waals surface area (Å²) in [6.07, 6.45) is 7.37. The summed E-state index contributed by atoms with van der Waals surface area (Å²) in [6.45, 7) is 3.48. The summed E-state index contributed by atoms with van der Waals surface area (Å²) in [5.74, 6) is 1.47. The lowest BCUT2D eigenvalue weighted by molar-refractivity contribution is -0.117. The summed E-state index contributed by atoms with van der Waals surface area (Å²) in [4.78, 5) is 23.6. The number of carbonyl (C=O) groups excluding carboxylic acids is 1.